The normalized spacial score (nSPS) is 18.7. The van der Waals surface area contributed by atoms with E-state index in [1.807, 2.05) is 24.3 Å². The Kier molecular flexibility index (Phi) is 2.37. The monoisotopic (exact) mass is 234 g/mol. The van der Waals surface area contributed by atoms with Crippen molar-refractivity contribution in [3.8, 4) is 11.5 Å². The van der Waals surface area contributed by atoms with E-state index in [-0.39, 0.29) is 6.10 Å². The van der Waals surface area contributed by atoms with Crippen molar-refractivity contribution < 1.29 is 9.47 Å². The molecule has 3 heteroatoms. The molecule has 1 atom stereocenters. The molecule has 0 saturated heterocycles. The van der Waals surface area contributed by atoms with E-state index in [0.717, 1.165) is 22.3 Å². The van der Waals surface area contributed by atoms with Gasteiger partial charge in [0.1, 0.15) is 12.7 Å². The Morgan fingerprint density at radius 1 is 1.12 bits per heavy atom. The molecule has 1 heterocycles. The minimum absolute atomic E-state index is 0.0460. The van der Waals surface area contributed by atoms with Gasteiger partial charge in [-0.2, -0.15) is 0 Å². The van der Waals surface area contributed by atoms with Crippen LogP contribution >= 0.6 is 11.6 Å². The summed E-state index contributed by atoms with van der Waals surface area (Å²) in [5.74, 6) is 2.04. The number of hydrogen-bond acceptors (Lipinski definition) is 2. The Bertz CT molecular complexity index is 524. The molecular formula is C13H11ClO2. The number of fused-ring (bicyclic) bond motifs is 2. The van der Waals surface area contributed by atoms with Gasteiger partial charge in [0.05, 0.1) is 5.88 Å². The molecule has 0 fully saturated rings. The molecule has 0 bridgehead atoms. The number of ether oxygens (including phenoxy) is 2. The van der Waals surface area contributed by atoms with E-state index in [4.69, 9.17) is 21.1 Å². The van der Waals surface area contributed by atoms with Crippen molar-refractivity contribution in [1.82, 2.24) is 0 Å². The molecule has 0 N–H and O–H groups in total. The highest BCUT2D eigenvalue weighted by Crippen LogP contribution is 2.35. The molecule has 82 valence electrons. The smallest absolute Gasteiger partial charge is 0.162 e. The van der Waals surface area contributed by atoms with E-state index < -0.39 is 0 Å². The first-order valence-corrected chi connectivity index (χ1v) is 5.78. The first kappa shape index (κ1) is 9.79. The molecule has 16 heavy (non-hydrogen) atoms. The summed E-state index contributed by atoms with van der Waals surface area (Å²) in [5.41, 5.74) is 0. The number of benzene rings is 2. The van der Waals surface area contributed by atoms with Crippen LogP contribution in [-0.4, -0.2) is 18.6 Å². The summed E-state index contributed by atoms with van der Waals surface area (Å²) in [7, 11) is 0. The Morgan fingerprint density at radius 2 is 1.81 bits per heavy atom. The lowest BCUT2D eigenvalue weighted by Crippen LogP contribution is -2.30. The molecule has 0 spiro atoms. The second kappa shape index (κ2) is 3.87. The van der Waals surface area contributed by atoms with Crippen LogP contribution in [-0.2, 0) is 0 Å². The van der Waals surface area contributed by atoms with Gasteiger partial charge in [-0.3, -0.25) is 0 Å². The lowest BCUT2D eigenvalue weighted by Gasteiger charge is -2.25. The van der Waals surface area contributed by atoms with Gasteiger partial charge < -0.3 is 9.47 Å². The fourth-order valence-corrected chi connectivity index (χ4v) is 2.03. The number of alkyl halides is 1. The molecule has 0 aromatic heterocycles. The summed E-state index contributed by atoms with van der Waals surface area (Å²) in [6, 6.07) is 12.2. The van der Waals surface area contributed by atoms with E-state index in [9.17, 15) is 0 Å². The van der Waals surface area contributed by atoms with Gasteiger partial charge in [0.25, 0.3) is 0 Å². The van der Waals surface area contributed by atoms with Crippen LogP contribution in [0, 0.1) is 0 Å². The maximum Gasteiger partial charge on any atom is 0.162 e. The fourth-order valence-electron chi connectivity index (χ4n) is 1.88. The third-order valence-corrected chi connectivity index (χ3v) is 3.05. The quantitative estimate of drug-likeness (QED) is 0.706. The average Bonchev–Trinajstić information content (AvgIpc) is 2.35. The molecule has 0 radical (unpaired) electrons. The summed E-state index contributed by atoms with van der Waals surface area (Å²) < 4.78 is 11.4. The second-order valence-corrected chi connectivity index (χ2v) is 4.16. The van der Waals surface area contributed by atoms with Gasteiger partial charge in [-0.15, -0.1) is 11.6 Å². The van der Waals surface area contributed by atoms with Crippen molar-refractivity contribution in [3.63, 3.8) is 0 Å². The van der Waals surface area contributed by atoms with Crippen LogP contribution in [0.25, 0.3) is 10.8 Å². The summed E-state index contributed by atoms with van der Waals surface area (Å²) in [4.78, 5) is 0. The zero-order valence-corrected chi connectivity index (χ0v) is 9.41. The molecule has 0 saturated carbocycles. The van der Waals surface area contributed by atoms with E-state index in [2.05, 4.69) is 12.1 Å². The van der Waals surface area contributed by atoms with Gasteiger partial charge in [-0.05, 0) is 22.9 Å². The van der Waals surface area contributed by atoms with Crippen molar-refractivity contribution in [1.29, 1.82) is 0 Å². The van der Waals surface area contributed by atoms with Crippen molar-refractivity contribution in [2.24, 2.45) is 0 Å². The molecule has 1 unspecified atom stereocenters. The van der Waals surface area contributed by atoms with E-state index in [0.29, 0.717) is 12.5 Å². The van der Waals surface area contributed by atoms with Crippen molar-refractivity contribution in [3.05, 3.63) is 36.4 Å². The molecule has 2 nitrogen and oxygen atoms in total. The van der Waals surface area contributed by atoms with E-state index in [1.165, 1.54) is 0 Å². The highest BCUT2D eigenvalue weighted by Gasteiger charge is 2.20. The highest BCUT2D eigenvalue weighted by molar-refractivity contribution is 6.18. The number of rotatable bonds is 1. The molecule has 0 amide bonds. The van der Waals surface area contributed by atoms with Crippen LogP contribution in [0.2, 0.25) is 0 Å². The summed E-state index contributed by atoms with van der Waals surface area (Å²) in [6.45, 7) is 0.523. The minimum atomic E-state index is -0.0460. The van der Waals surface area contributed by atoms with Crippen LogP contribution in [0.3, 0.4) is 0 Å². The predicted octanol–water partition coefficient (Wildman–Crippen LogP) is 3.22. The molecule has 1 aliphatic rings. The third-order valence-electron chi connectivity index (χ3n) is 2.70. The lowest BCUT2D eigenvalue weighted by atomic mass is 10.1. The average molecular weight is 235 g/mol. The zero-order valence-electron chi connectivity index (χ0n) is 8.65. The van der Waals surface area contributed by atoms with Crippen molar-refractivity contribution in [2.45, 2.75) is 6.10 Å². The Morgan fingerprint density at radius 3 is 2.50 bits per heavy atom. The standard InChI is InChI=1S/C13H11ClO2/c14-7-11-8-15-12-5-9-3-1-2-4-10(9)6-13(12)16-11/h1-6,11H,7-8H2. The molecule has 0 aliphatic carbocycles. The lowest BCUT2D eigenvalue weighted by molar-refractivity contribution is 0.107. The van der Waals surface area contributed by atoms with Crippen molar-refractivity contribution in [2.75, 3.05) is 12.5 Å². The van der Waals surface area contributed by atoms with E-state index >= 15 is 0 Å². The summed E-state index contributed by atoms with van der Waals surface area (Å²) in [6.07, 6.45) is -0.0460. The molecule has 2 aromatic rings. The third kappa shape index (κ3) is 1.59. The van der Waals surface area contributed by atoms with Gasteiger partial charge >= 0.3 is 0 Å². The molecular weight excluding hydrogens is 224 g/mol. The van der Waals surface area contributed by atoms with Gasteiger partial charge in [0, 0.05) is 0 Å². The van der Waals surface area contributed by atoms with Gasteiger partial charge in [-0.25, -0.2) is 0 Å². The van der Waals surface area contributed by atoms with Crippen LogP contribution in [0.4, 0.5) is 0 Å². The zero-order chi connectivity index (χ0) is 11.0. The number of hydrogen-bond donors (Lipinski definition) is 0. The minimum Gasteiger partial charge on any atom is -0.486 e. The highest BCUT2D eigenvalue weighted by atomic mass is 35.5. The first-order chi connectivity index (χ1) is 7.86. The largest absolute Gasteiger partial charge is 0.486 e. The topological polar surface area (TPSA) is 18.5 Å². The van der Waals surface area contributed by atoms with Gasteiger partial charge in [0.2, 0.25) is 0 Å². The predicted molar refractivity (Wildman–Crippen MR) is 64.6 cm³/mol. The van der Waals surface area contributed by atoms with Crippen LogP contribution in [0.1, 0.15) is 0 Å². The molecule has 1 aliphatic heterocycles. The van der Waals surface area contributed by atoms with Crippen LogP contribution in [0.15, 0.2) is 36.4 Å². The Balaban J connectivity index is 2.10. The van der Waals surface area contributed by atoms with E-state index in [1.54, 1.807) is 0 Å². The van der Waals surface area contributed by atoms with Crippen LogP contribution in [0.5, 0.6) is 11.5 Å². The molecule has 2 aromatic carbocycles. The summed E-state index contributed by atoms with van der Waals surface area (Å²) >= 11 is 5.76. The first-order valence-electron chi connectivity index (χ1n) is 5.25. The Labute approximate surface area is 98.7 Å². The van der Waals surface area contributed by atoms with Crippen molar-refractivity contribution >= 4 is 22.4 Å². The summed E-state index contributed by atoms with van der Waals surface area (Å²) in [5, 5.41) is 2.31. The maximum atomic E-state index is 5.76. The second-order valence-electron chi connectivity index (χ2n) is 3.85. The van der Waals surface area contributed by atoms with Gasteiger partial charge in [0.15, 0.2) is 11.5 Å². The molecule has 3 rings (SSSR count). The fraction of sp³-hybridized carbons (Fsp3) is 0.231. The number of halogens is 1. The Hall–Kier alpha value is -1.41. The van der Waals surface area contributed by atoms with Crippen LogP contribution < -0.4 is 9.47 Å². The van der Waals surface area contributed by atoms with Gasteiger partial charge in [-0.1, -0.05) is 24.3 Å². The maximum absolute atomic E-state index is 5.76. The SMILES string of the molecule is ClCC1COc2cc3ccccc3cc2O1.